The molecule has 0 fully saturated rings. The van der Waals surface area contributed by atoms with Crippen molar-refractivity contribution in [2.45, 2.75) is 13.5 Å². The largest absolute Gasteiger partial charge is 0.445 e. The summed E-state index contributed by atoms with van der Waals surface area (Å²) in [5, 5.41) is 23.8. The van der Waals surface area contributed by atoms with Gasteiger partial charge in [0, 0.05) is 24.7 Å². The van der Waals surface area contributed by atoms with E-state index in [1.165, 1.54) is 28.8 Å². The molecule has 0 saturated heterocycles. The minimum Gasteiger partial charge on any atom is -0.445 e. The Morgan fingerprint density at radius 1 is 1.25 bits per heavy atom. The van der Waals surface area contributed by atoms with Gasteiger partial charge in [0.2, 0.25) is 0 Å². The Balaban J connectivity index is 1.86. The second-order valence-corrected chi connectivity index (χ2v) is 4.64. The molecule has 126 valence electrons. The number of rotatable bonds is 6. The number of amides is 1. The number of aromatic nitrogens is 2. The topological polar surface area (TPSA) is 142 Å². The van der Waals surface area contributed by atoms with Crippen LogP contribution in [0.15, 0.2) is 30.5 Å². The minimum absolute atomic E-state index is 0.0792. The van der Waals surface area contributed by atoms with E-state index in [9.17, 15) is 25.0 Å². The predicted molar refractivity (Wildman–Crippen MR) is 81.7 cm³/mol. The highest BCUT2D eigenvalue weighted by Crippen LogP contribution is 2.16. The molecule has 1 aromatic carbocycles. The summed E-state index contributed by atoms with van der Waals surface area (Å²) in [6.45, 7) is 1.58. The monoisotopic (exact) mass is 335 g/mol. The van der Waals surface area contributed by atoms with Gasteiger partial charge in [-0.25, -0.2) is 14.3 Å². The summed E-state index contributed by atoms with van der Waals surface area (Å²) >= 11 is 0. The fraction of sp³-hybridized carbons (Fsp3) is 0.231. The van der Waals surface area contributed by atoms with E-state index >= 15 is 0 Å². The number of aryl methyl sites for hydroxylation is 1. The fourth-order valence-electron chi connectivity index (χ4n) is 1.93. The number of ether oxygens (including phenoxy) is 1. The first kappa shape index (κ1) is 16.9. The predicted octanol–water partition coefficient (Wildman–Crippen LogP) is 2.26. The van der Waals surface area contributed by atoms with Gasteiger partial charge >= 0.3 is 11.9 Å². The molecule has 1 aromatic heterocycles. The van der Waals surface area contributed by atoms with Crippen LogP contribution >= 0.6 is 0 Å². The molecule has 1 N–H and O–H groups in total. The number of carbonyl (C=O) groups is 1. The lowest BCUT2D eigenvalue weighted by Gasteiger charge is -2.07. The molecule has 0 bridgehead atoms. The third-order valence-corrected chi connectivity index (χ3v) is 3.09. The van der Waals surface area contributed by atoms with E-state index in [0.717, 1.165) is 6.20 Å². The Kier molecular flexibility index (Phi) is 5.04. The van der Waals surface area contributed by atoms with Crippen LogP contribution < -0.4 is 5.32 Å². The van der Waals surface area contributed by atoms with Gasteiger partial charge in [-0.1, -0.05) is 0 Å². The van der Waals surface area contributed by atoms with Crippen molar-refractivity contribution in [3.05, 3.63) is 56.5 Å². The summed E-state index contributed by atoms with van der Waals surface area (Å²) in [4.78, 5) is 35.7. The molecule has 0 aliphatic rings. The van der Waals surface area contributed by atoms with Crippen molar-refractivity contribution in [2.75, 3.05) is 11.9 Å². The van der Waals surface area contributed by atoms with Crippen LogP contribution in [0.2, 0.25) is 0 Å². The summed E-state index contributed by atoms with van der Waals surface area (Å²) in [6.07, 6.45) is 0.357. The number of anilines is 1. The zero-order valence-electron chi connectivity index (χ0n) is 12.5. The zero-order chi connectivity index (χ0) is 17.7. The van der Waals surface area contributed by atoms with Crippen LogP contribution in [0, 0.1) is 27.2 Å². The lowest BCUT2D eigenvalue weighted by Crippen LogP contribution is -2.18. The highest BCUT2D eigenvalue weighted by atomic mass is 16.6. The molecule has 1 amide bonds. The number of imidazole rings is 1. The number of nitro benzene ring substituents is 1. The van der Waals surface area contributed by atoms with Crippen molar-refractivity contribution in [3.8, 4) is 0 Å². The second kappa shape index (κ2) is 7.17. The SMILES string of the molecule is Cc1ncc([N+](=O)[O-])n1CCOC(=O)Nc1ccc([N+](=O)[O-])cc1. The average molecular weight is 335 g/mol. The van der Waals surface area contributed by atoms with E-state index in [1.807, 2.05) is 0 Å². The number of hydrogen-bond donors (Lipinski definition) is 1. The first-order valence-corrected chi connectivity index (χ1v) is 6.73. The Hall–Kier alpha value is -3.50. The normalized spacial score (nSPS) is 10.2. The Morgan fingerprint density at radius 3 is 2.50 bits per heavy atom. The van der Waals surface area contributed by atoms with Crippen LogP contribution in [0.4, 0.5) is 22.0 Å². The summed E-state index contributed by atoms with van der Waals surface area (Å²) < 4.78 is 6.25. The third-order valence-electron chi connectivity index (χ3n) is 3.09. The highest BCUT2D eigenvalue weighted by Gasteiger charge is 2.17. The number of nitrogens with one attached hydrogen (secondary N) is 1. The maximum absolute atomic E-state index is 11.6. The highest BCUT2D eigenvalue weighted by molar-refractivity contribution is 5.84. The molecule has 0 saturated carbocycles. The van der Waals surface area contributed by atoms with Crippen molar-refractivity contribution in [2.24, 2.45) is 0 Å². The van der Waals surface area contributed by atoms with Crippen LogP contribution in [0.3, 0.4) is 0 Å². The Bertz CT molecular complexity index is 770. The van der Waals surface area contributed by atoms with Gasteiger partial charge in [0.25, 0.3) is 5.69 Å². The quantitative estimate of drug-likeness (QED) is 0.630. The molecule has 2 rings (SSSR count). The number of carbonyl (C=O) groups excluding carboxylic acids is 1. The van der Waals surface area contributed by atoms with Crippen molar-refractivity contribution in [3.63, 3.8) is 0 Å². The molecule has 11 heteroatoms. The average Bonchev–Trinajstić information content (AvgIpc) is 2.89. The Morgan fingerprint density at radius 2 is 1.92 bits per heavy atom. The molecule has 1 heterocycles. The van der Waals surface area contributed by atoms with Crippen LogP contribution in [0.1, 0.15) is 5.82 Å². The van der Waals surface area contributed by atoms with E-state index in [1.54, 1.807) is 6.92 Å². The molecule has 0 spiro atoms. The fourth-order valence-corrected chi connectivity index (χ4v) is 1.93. The van der Waals surface area contributed by atoms with Gasteiger partial charge in [0.05, 0.1) is 4.92 Å². The molecule has 0 radical (unpaired) electrons. The van der Waals surface area contributed by atoms with Crippen molar-refractivity contribution >= 4 is 23.3 Å². The van der Waals surface area contributed by atoms with Gasteiger partial charge < -0.3 is 14.9 Å². The molecular weight excluding hydrogens is 322 g/mol. The first-order valence-electron chi connectivity index (χ1n) is 6.73. The van der Waals surface area contributed by atoms with E-state index in [4.69, 9.17) is 4.74 Å². The van der Waals surface area contributed by atoms with Gasteiger partial charge in [-0.15, -0.1) is 0 Å². The first-order chi connectivity index (χ1) is 11.4. The minimum atomic E-state index is -0.774. The van der Waals surface area contributed by atoms with Gasteiger partial charge in [-0.3, -0.25) is 15.4 Å². The number of hydrogen-bond acceptors (Lipinski definition) is 7. The Labute approximate surface area is 135 Å². The van der Waals surface area contributed by atoms with Crippen LogP contribution in [0.5, 0.6) is 0 Å². The second-order valence-electron chi connectivity index (χ2n) is 4.64. The molecule has 11 nitrogen and oxygen atoms in total. The number of non-ortho nitro benzene ring substituents is 1. The molecule has 0 atom stereocenters. The molecule has 0 unspecified atom stereocenters. The van der Waals surface area contributed by atoms with E-state index < -0.39 is 15.9 Å². The lowest BCUT2D eigenvalue weighted by molar-refractivity contribution is -0.392. The van der Waals surface area contributed by atoms with Crippen molar-refractivity contribution in [1.29, 1.82) is 0 Å². The van der Waals surface area contributed by atoms with Crippen molar-refractivity contribution < 1.29 is 19.4 Å². The summed E-state index contributed by atoms with van der Waals surface area (Å²) in [6, 6.07) is 5.22. The number of benzene rings is 1. The van der Waals surface area contributed by atoms with E-state index in [-0.39, 0.29) is 24.7 Å². The molecular formula is C13H13N5O6. The molecule has 0 aliphatic carbocycles. The van der Waals surface area contributed by atoms with Crippen LogP contribution in [0.25, 0.3) is 0 Å². The zero-order valence-corrected chi connectivity index (χ0v) is 12.5. The van der Waals surface area contributed by atoms with Gasteiger partial charge in [-0.2, -0.15) is 0 Å². The van der Waals surface area contributed by atoms with E-state index in [0.29, 0.717) is 11.5 Å². The smallest absolute Gasteiger partial charge is 0.411 e. The van der Waals surface area contributed by atoms with Gasteiger partial charge in [0.1, 0.15) is 19.3 Å². The molecule has 0 aliphatic heterocycles. The lowest BCUT2D eigenvalue weighted by atomic mass is 10.3. The van der Waals surface area contributed by atoms with Crippen LogP contribution in [-0.2, 0) is 11.3 Å². The number of nitrogens with zero attached hydrogens (tertiary/aromatic N) is 4. The molecule has 24 heavy (non-hydrogen) atoms. The van der Waals surface area contributed by atoms with E-state index in [2.05, 4.69) is 10.3 Å². The standard InChI is InChI=1S/C13H13N5O6/c1-9-14-8-12(18(22)23)16(9)6-7-24-13(19)15-10-2-4-11(5-3-10)17(20)21/h2-5,8H,6-7H2,1H3,(H,15,19). The number of nitro groups is 2. The maximum atomic E-state index is 11.6. The summed E-state index contributed by atoms with van der Waals surface area (Å²) in [5.74, 6) is 0.243. The molecule has 2 aromatic rings. The van der Waals surface area contributed by atoms with Crippen LogP contribution in [-0.4, -0.2) is 32.1 Å². The van der Waals surface area contributed by atoms with Gasteiger partial charge in [0.15, 0.2) is 5.82 Å². The maximum Gasteiger partial charge on any atom is 0.411 e. The van der Waals surface area contributed by atoms with Crippen molar-refractivity contribution in [1.82, 2.24) is 9.55 Å². The summed E-state index contributed by atoms with van der Waals surface area (Å²) in [7, 11) is 0. The van der Waals surface area contributed by atoms with Gasteiger partial charge in [-0.05, 0) is 17.1 Å². The third kappa shape index (κ3) is 4.03. The summed E-state index contributed by atoms with van der Waals surface area (Å²) in [5.41, 5.74) is 0.229.